The van der Waals surface area contributed by atoms with Crippen LogP contribution in [0.25, 0.3) is 0 Å². The van der Waals surface area contributed by atoms with Gasteiger partial charge in [0.2, 0.25) is 0 Å². The monoisotopic (exact) mass is 343 g/mol. The van der Waals surface area contributed by atoms with E-state index >= 15 is 0 Å². The molecule has 0 bridgehead atoms. The summed E-state index contributed by atoms with van der Waals surface area (Å²) in [4.78, 5) is 6.43. The Balaban J connectivity index is 0.00000121. The van der Waals surface area contributed by atoms with Gasteiger partial charge in [0.05, 0.1) is 17.9 Å². The lowest BCUT2D eigenvalue weighted by molar-refractivity contribution is 0.312. The molecule has 2 aromatic heterocycles. The van der Waals surface area contributed by atoms with Gasteiger partial charge < -0.3 is 5.32 Å². The summed E-state index contributed by atoms with van der Waals surface area (Å²) >= 11 is 0. The molecule has 0 atom stereocenters. The summed E-state index contributed by atoms with van der Waals surface area (Å²) in [7, 11) is 2.14. The Labute approximate surface area is 143 Å². The highest BCUT2D eigenvalue weighted by atomic mass is 35.5. The van der Waals surface area contributed by atoms with Crippen molar-refractivity contribution in [2.75, 3.05) is 13.6 Å². The number of halogens is 2. The first-order valence-corrected chi connectivity index (χ1v) is 7.07. The molecule has 1 N–H and O–H groups in total. The first kappa shape index (κ1) is 18.9. The van der Waals surface area contributed by atoms with Gasteiger partial charge in [0.15, 0.2) is 0 Å². The Morgan fingerprint density at radius 3 is 2.86 bits per heavy atom. The zero-order chi connectivity index (χ0) is 13.9. The largest absolute Gasteiger partial charge is 0.309 e. The third-order valence-corrected chi connectivity index (χ3v) is 3.73. The van der Waals surface area contributed by atoms with Gasteiger partial charge in [-0.2, -0.15) is 5.10 Å². The molecule has 0 aromatic carbocycles. The summed E-state index contributed by atoms with van der Waals surface area (Å²) in [6, 6.07) is 4.30. The summed E-state index contributed by atoms with van der Waals surface area (Å²) in [6.07, 6.45) is 3.78. The number of fused-ring (bicyclic) bond motifs is 1. The van der Waals surface area contributed by atoms with Crippen molar-refractivity contribution in [3.8, 4) is 0 Å². The van der Waals surface area contributed by atoms with Gasteiger partial charge in [-0.3, -0.25) is 14.6 Å². The maximum Gasteiger partial charge on any atom is 0.0768 e. The summed E-state index contributed by atoms with van der Waals surface area (Å²) < 4.78 is 2.12. The number of rotatable bonds is 4. The van der Waals surface area contributed by atoms with Crippen LogP contribution >= 0.6 is 24.8 Å². The summed E-state index contributed by atoms with van der Waals surface area (Å²) in [6.45, 7) is 6.83. The van der Waals surface area contributed by atoms with Gasteiger partial charge in [-0.15, -0.1) is 24.8 Å². The molecule has 5 nitrogen and oxygen atoms in total. The number of pyridine rings is 1. The third-order valence-electron chi connectivity index (χ3n) is 3.73. The molecule has 0 aliphatic carbocycles. The second-order valence-electron chi connectivity index (χ2n) is 5.50. The number of aryl methyl sites for hydroxylation is 1. The minimum atomic E-state index is 0. The predicted molar refractivity (Wildman–Crippen MR) is 92.6 cm³/mol. The van der Waals surface area contributed by atoms with Gasteiger partial charge in [0.25, 0.3) is 0 Å². The molecule has 0 amide bonds. The van der Waals surface area contributed by atoms with Crippen molar-refractivity contribution < 1.29 is 0 Å². The third kappa shape index (κ3) is 4.43. The van der Waals surface area contributed by atoms with Crippen LogP contribution in [-0.2, 0) is 26.2 Å². The van der Waals surface area contributed by atoms with E-state index in [1.54, 1.807) is 0 Å². The van der Waals surface area contributed by atoms with Crippen molar-refractivity contribution in [2.24, 2.45) is 0 Å². The van der Waals surface area contributed by atoms with E-state index in [0.29, 0.717) is 0 Å². The second kappa shape index (κ2) is 8.48. The average Bonchev–Trinajstić information content (AvgIpc) is 2.83. The molecule has 0 unspecified atom stereocenters. The normalized spacial score (nSPS) is 13.2. The van der Waals surface area contributed by atoms with E-state index in [1.165, 1.54) is 16.8 Å². The molecule has 0 saturated carbocycles. The highest BCUT2D eigenvalue weighted by Crippen LogP contribution is 2.12. The first-order valence-electron chi connectivity index (χ1n) is 7.07. The number of hydrogen-bond donors (Lipinski definition) is 1. The first-order chi connectivity index (χ1) is 9.72. The van der Waals surface area contributed by atoms with E-state index in [1.807, 2.05) is 12.4 Å². The smallest absolute Gasteiger partial charge is 0.0768 e. The highest BCUT2D eigenvalue weighted by molar-refractivity contribution is 5.85. The molecule has 0 radical (unpaired) electrons. The predicted octanol–water partition coefficient (Wildman–Crippen LogP) is 2.17. The second-order valence-corrected chi connectivity index (χ2v) is 5.50. The maximum atomic E-state index is 4.68. The minimum absolute atomic E-state index is 0. The van der Waals surface area contributed by atoms with Crippen molar-refractivity contribution >= 4 is 24.8 Å². The fourth-order valence-corrected chi connectivity index (χ4v) is 2.63. The van der Waals surface area contributed by atoms with Crippen molar-refractivity contribution in [2.45, 2.75) is 33.1 Å². The number of aromatic nitrogens is 3. The molecule has 1 aliphatic heterocycles. The van der Waals surface area contributed by atoms with Crippen LogP contribution in [0.5, 0.6) is 0 Å². The number of nitrogens with zero attached hydrogens (tertiary/aromatic N) is 4. The van der Waals surface area contributed by atoms with Crippen molar-refractivity contribution in [3.05, 3.63) is 47.0 Å². The van der Waals surface area contributed by atoms with Crippen molar-refractivity contribution in [1.82, 2.24) is 25.0 Å². The Bertz CT molecular complexity index is 576. The van der Waals surface area contributed by atoms with Crippen molar-refractivity contribution in [1.29, 1.82) is 0 Å². The Hall–Kier alpha value is -1.14. The zero-order valence-corrected chi connectivity index (χ0v) is 14.6. The molecular formula is C15H23Cl2N5. The van der Waals surface area contributed by atoms with Gasteiger partial charge in [-0.05, 0) is 37.2 Å². The maximum absolute atomic E-state index is 4.68. The van der Waals surface area contributed by atoms with E-state index in [4.69, 9.17) is 0 Å². The number of nitrogens with one attached hydrogen (secondary N) is 1. The molecule has 1 aliphatic rings. The minimum Gasteiger partial charge on any atom is -0.309 e. The highest BCUT2D eigenvalue weighted by Gasteiger charge is 2.13. The fraction of sp³-hybridized carbons (Fsp3) is 0.467. The van der Waals surface area contributed by atoms with Gasteiger partial charge in [-0.25, -0.2) is 0 Å². The van der Waals surface area contributed by atoms with E-state index in [2.05, 4.69) is 51.1 Å². The standard InChI is InChI=1S/C15H21N5.2ClH/c1-12-8-16-4-3-13(12)10-19(2)11-14-7-15-9-17-5-6-20(15)18-14;;/h3-4,7-8,17H,5-6,9-11H2,1-2H3;2*1H. The Kier molecular flexibility index (Phi) is 7.29. The molecule has 0 spiro atoms. The number of hydrogen-bond acceptors (Lipinski definition) is 4. The summed E-state index contributed by atoms with van der Waals surface area (Å²) in [5.74, 6) is 0. The summed E-state index contributed by atoms with van der Waals surface area (Å²) in [5, 5.41) is 8.05. The zero-order valence-electron chi connectivity index (χ0n) is 13.0. The van der Waals surface area contributed by atoms with Crippen LogP contribution in [0.1, 0.15) is 22.5 Å². The molecular weight excluding hydrogens is 321 g/mol. The van der Waals surface area contributed by atoms with Crippen LogP contribution in [0.3, 0.4) is 0 Å². The van der Waals surface area contributed by atoms with Gasteiger partial charge >= 0.3 is 0 Å². The van der Waals surface area contributed by atoms with E-state index < -0.39 is 0 Å². The van der Waals surface area contributed by atoms with E-state index in [0.717, 1.165) is 38.4 Å². The molecule has 7 heteroatoms. The summed E-state index contributed by atoms with van der Waals surface area (Å²) in [5.41, 5.74) is 5.01. The van der Waals surface area contributed by atoms with Crippen LogP contribution in [0.4, 0.5) is 0 Å². The molecule has 122 valence electrons. The van der Waals surface area contributed by atoms with Gasteiger partial charge in [-0.1, -0.05) is 0 Å². The molecule has 2 aromatic rings. The van der Waals surface area contributed by atoms with Crippen LogP contribution in [-0.4, -0.2) is 33.3 Å². The molecule has 3 rings (SSSR count). The molecule has 3 heterocycles. The van der Waals surface area contributed by atoms with Gasteiger partial charge in [0, 0.05) is 38.6 Å². The quantitative estimate of drug-likeness (QED) is 0.923. The average molecular weight is 344 g/mol. The molecule has 22 heavy (non-hydrogen) atoms. The van der Waals surface area contributed by atoms with E-state index in [9.17, 15) is 0 Å². The SMILES string of the molecule is Cc1cnccc1CN(C)Cc1cc2n(n1)CCNC2.Cl.Cl. The topological polar surface area (TPSA) is 46.0 Å². The van der Waals surface area contributed by atoms with Gasteiger partial charge in [0.1, 0.15) is 0 Å². The lowest BCUT2D eigenvalue weighted by atomic mass is 10.1. The fourth-order valence-electron chi connectivity index (χ4n) is 2.63. The Morgan fingerprint density at radius 1 is 1.32 bits per heavy atom. The van der Waals surface area contributed by atoms with Crippen LogP contribution in [0.2, 0.25) is 0 Å². The Morgan fingerprint density at radius 2 is 2.14 bits per heavy atom. The van der Waals surface area contributed by atoms with Crippen molar-refractivity contribution in [3.63, 3.8) is 0 Å². The molecule has 0 saturated heterocycles. The molecule has 0 fully saturated rings. The van der Waals surface area contributed by atoms with Crippen LogP contribution in [0, 0.1) is 6.92 Å². The van der Waals surface area contributed by atoms with E-state index in [-0.39, 0.29) is 24.8 Å². The van der Waals surface area contributed by atoms with Crippen LogP contribution < -0.4 is 5.32 Å². The lowest BCUT2D eigenvalue weighted by Gasteiger charge is -2.16. The lowest BCUT2D eigenvalue weighted by Crippen LogP contribution is -2.28. The van der Waals surface area contributed by atoms with Crippen LogP contribution in [0.15, 0.2) is 24.5 Å².